The van der Waals surface area contributed by atoms with E-state index in [2.05, 4.69) is 10.2 Å². The summed E-state index contributed by atoms with van der Waals surface area (Å²) in [6.45, 7) is 2.33. The van der Waals surface area contributed by atoms with Crippen LogP contribution in [0.5, 0.6) is 5.75 Å². The number of hydrogen-bond donors (Lipinski definition) is 1. The van der Waals surface area contributed by atoms with Gasteiger partial charge in [-0.05, 0) is 61.8 Å². The molecule has 1 heterocycles. The van der Waals surface area contributed by atoms with Gasteiger partial charge < -0.3 is 10.1 Å². The molecule has 1 amide bonds. The molecule has 0 aliphatic carbocycles. The van der Waals surface area contributed by atoms with Crippen molar-refractivity contribution in [2.45, 2.75) is 18.9 Å². The molecule has 0 spiro atoms. The lowest BCUT2D eigenvalue weighted by Gasteiger charge is -2.28. The predicted molar refractivity (Wildman–Crippen MR) is 95.2 cm³/mol. The van der Waals surface area contributed by atoms with Gasteiger partial charge in [-0.1, -0.05) is 12.1 Å². The normalized spacial score (nSPS) is 15.7. The maximum absolute atomic E-state index is 13.3. The van der Waals surface area contributed by atoms with Crippen LogP contribution in [0.15, 0.2) is 42.5 Å². The first-order chi connectivity index (χ1) is 12.6. The number of nitrogens with one attached hydrogen (secondary N) is 1. The molecule has 1 unspecified atom stereocenters. The number of nitrogens with zero attached hydrogens (tertiary/aromatic N) is 1. The summed E-state index contributed by atoms with van der Waals surface area (Å²) in [7, 11) is 1.62. The minimum absolute atomic E-state index is 0.0256. The van der Waals surface area contributed by atoms with E-state index in [0.29, 0.717) is 6.54 Å². The molecule has 1 aliphatic rings. The standard InChI is InChI=1S/C20H22F2N2O2/c1-26-16-7-4-14(5-8-16)19(24-10-2-3-11-24)13-23-20(25)15-6-9-17(21)18(22)12-15/h4-9,12,19H,2-3,10-11,13H2,1H3,(H,23,25). The van der Waals surface area contributed by atoms with E-state index in [-0.39, 0.29) is 11.6 Å². The van der Waals surface area contributed by atoms with Gasteiger partial charge in [-0.3, -0.25) is 9.69 Å². The smallest absolute Gasteiger partial charge is 0.251 e. The second kappa shape index (κ2) is 8.27. The van der Waals surface area contributed by atoms with Crippen LogP contribution in [0.2, 0.25) is 0 Å². The number of amides is 1. The Morgan fingerprint density at radius 2 is 1.81 bits per heavy atom. The van der Waals surface area contributed by atoms with Crippen LogP contribution >= 0.6 is 0 Å². The topological polar surface area (TPSA) is 41.6 Å². The summed E-state index contributed by atoms with van der Waals surface area (Å²) in [5, 5.41) is 2.85. The van der Waals surface area contributed by atoms with Crippen molar-refractivity contribution in [1.82, 2.24) is 10.2 Å². The van der Waals surface area contributed by atoms with Crippen molar-refractivity contribution in [1.29, 1.82) is 0 Å². The number of methoxy groups -OCH3 is 1. The summed E-state index contributed by atoms with van der Waals surface area (Å²) >= 11 is 0. The van der Waals surface area contributed by atoms with Gasteiger partial charge >= 0.3 is 0 Å². The van der Waals surface area contributed by atoms with Crippen molar-refractivity contribution in [2.75, 3.05) is 26.7 Å². The Bertz CT molecular complexity index is 759. The first kappa shape index (κ1) is 18.3. The molecule has 2 aromatic rings. The lowest BCUT2D eigenvalue weighted by atomic mass is 10.0. The molecular weight excluding hydrogens is 338 g/mol. The molecule has 3 rings (SSSR count). The second-order valence-corrected chi connectivity index (χ2v) is 6.37. The summed E-state index contributed by atoms with van der Waals surface area (Å²) < 4.78 is 31.6. The van der Waals surface area contributed by atoms with Gasteiger partial charge in [0.2, 0.25) is 0 Å². The highest BCUT2D eigenvalue weighted by Gasteiger charge is 2.24. The Morgan fingerprint density at radius 1 is 1.12 bits per heavy atom. The number of likely N-dealkylation sites (tertiary alicyclic amines) is 1. The van der Waals surface area contributed by atoms with Gasteiger partial charge in [0, 0.05) is 12.1 Å². The van der Waals surface area contributed by atoms with Crippen molar-refractivity contribution in [3.05, 3.63) is 65.2 Å². The van der Waals surface area contributed by atoms with Crippen molar-refractivity contribution in [3.8, 4) is 5.75 Å². The first-order valence-corrected chi connectivity index (χ1v) is 8.69. The second-order valence-electron chi connectivity index (χ2n) is 6.37. The van der Waals surface area contributed by atoms with Crippen LogP contribution in [0.25, 0.3) is 0 Å². The molecule has 0 radical (unpaired) electrons. The maximum Gasteiger partial charge on any atom is 0.251 e. The number of hydrogen-bond acceptors (Lipinski definition) is 3. The van der Waals surface area contributed by atoms with E-state index in [0.717, 1.165) is 49.4 Å². The van der Waals surface area contributed by atoms with Crippen molar-refractivity contribution >= 4 is 5.91 Å². The molecular formula is C20H22F2N2O2. The minimum Gasteiger partial charge on any atom is -0.497 e. The summed E-state index contributed by atoms with van der Waals surface area (Å²) in [4.78, 5) is 14.6. The number of carbonyl (C=O) groups is 1. The minimum atomic E-state index is -1.02. The highest BCUT2D eigenvalue weighted by Crippen LogP contribution is 2.26. The van der Waals surface area contributed by atoms with Crippen LogP contribution in [0.4, 0.5) is 8.78 Å². The summed E-state index contributed by atoms with van der Waals surface area (Å²) in [6, 6.07) is 11.0. The third-order valence-corrected chi connectivity index (χ3v) is 4.72. The third-order valence-electron chi connectivity index (χ3n) is 4.72. The number of benzene rings is 2. The van der Waals surface area contributed by atoms with Gasteiger partial charge in [-0.15, -0.1) is 0 Å². The van der Waals surface area contributed by atoms with Gasteiger partial charge in [0.05, 0.1) is 13.2 Å². The molecule has 26 heavy (non-hydrogen) atoms. The van der Waals surface area contributed by atoms with E-state index in [9.17, 15) is 13.6 Å². The lowest BCUT2D eigenvalue weighted by molar-refractivity contribution is 0.0937. The molecule has 1 saturated heterocycles. The molecule has 2 aromatic carbocycles. The summed E-state index contributed by atoms with van der Waals surface area (Å²) in [6.07, 6.45) is 2.26. The van der Waals surface area contributed by atoms with Crippen LogP contribution in [-0.2, 0) is 0 Å². The van der Waals surface area contributed by atoms with Gasteiger partial charge in [0.25, 0.3) is 5.91 Å². The van der Waals surface area contributed by atoms with Crippen molar-refractivity contribution in [3.63, 3.8) is 0 Å². The Balaban J connectivity index is 1.72. The molecule has 1 N–H and O–H groups in total. The predicted octanol–water partition coefficient (Wildman–Crippen LogP) is 3.54. The SMILES string of the molecule is COc1ccc(C(CNC(=O)c2ccc(F)c(F)c2)N2CCCC2)cc1. The van der Waals surface area contributed by atoms with Crippen LogP contribution in [0.3, 0.4) is 0 Å². The zero-order valence-electron chi connectivity index (χ0n) is 14.7. The largest absolute Gasteiger partial charge is 0.497 e. The first-order valence-electron chi connectivity index (χ1n) is 8.69. The van der Waals surface area contributed by atoms with Crippen LogP contribution in [0.1, 0.15) is 34.8 Å². The number of rotatable bonds is 6. The van der Waals surface area contributed by atoms with E-state index in [1.54, 1.807) is 7.11 Å². The van der Waals surface area contributed by atoms with Crippen molar-refractivity contribution in [2.24, 2.45) is 0 Å². The molecule has 1 fully saturated rings. The van der Waals surface area contributed by atoms with Gasteiger partial charge in [0.1, 0.15) is 5.75 Å². The number of halogens is 2. The maximum atomic E-state index is 13.3. The Hall–Kier alpha value is -2.47. The molecule has 6 heteroatoms. The fourth-order valence-corrected chi connectivity index (χ4v) is 3.27. The molecule has 1 aliphatic heterocycles. The fourth-order valence-electron chi connectivity index (χ4n) is 3.27. The summed E-state index contributed by atoms with van der Waals surface area (Å²) in [5.41, 5.74) is 1.19. The van der Waals surface area contributed by atoms with Crippen molar-refractivity contribution < 1.29 is 18.3 Å². The van der Waals surface area contributed by atoms with E-state index < -0.39 is 17.5 Å². The molecule has 0 saturated carbocycles. The van der Waals surface area contributed by atoms with E-state index in [4.69, 9.17) is 4.74 Å². The van der Waals surface area contributed by atoms with Crippen LogP contribution in [0, 0.1) is 11.6 Å². The number of carbonyl (C=O) groups excluding carboxylic acids is 1. The quantitative estimate of drug-likeness (QED) is 0.857. The van der Waals surface area contributed by atoms with E-state index in [1.807, 2.05) is 24.3 Å². The molecule has 138 valence electrons. The highest BCUT2D eigenvalue weighted by molar-refractivity contribution is 5.94. The fraction of sp³-hybridized carbons (Fsp3) is 0.350. The van der Waals surface area contributed by atoms with E-state index >= 15 is 0 Å². The highest BCUT2D eigenvalue weighted by atomic mass is 19.2. The van der Waals surface area contributed by atoms with Crippen LogP contribution < -0.4 is 10.1 Å². The Labute approximate surface area is 151 Å². The molecule has 0 bridgehead atoms. The summed E-state index contributed by atoms with van der Waals surface area (Å²) in [5.74, 6) is -1.63. The molecule has 4 nitrogen and oxygen atoms in total. The average Bonchev–Trinajstić information content (AvgIpc) is 3.19. The Morgan fingerprint density at radius 3 is 2.42 bits per heavy atom. The molecule has 1 atom stereocenters. The molecule has 0 aromatic heterocycles. The zero-order chi connectivity index (χ0) is 18.5. The Kier molecular flexibility index (Phi) is 5.83. The van der Waals surface area contributed by atoms with Crippen LogP contribution in [-0.4, -0.2) is 37.6 Å². The number of ether oxygens (including phenoxy) is 1. The monoisotopic (exact) mass is 360 g/mol. The van der Waals surface area contributed by atoms with E-state index in [1.165, 1.54) is 6.07 Å². The average molecular weight is 360 g/mol. The van der Waals surface area contributed by atoms with Gasteiger partial charge in [0.15, 0.2) is 11.6 Å². The lowest BCUT2D eigenvalue weighted by Crippen LogP contribution is -2.36. The third kappa shape index (κ3) is 4.19. The van der Waals surface area contributed by atoms with Gasteiger partial charge in [-0.2, -0.15) is 0 Å². The zero-order valence-corrected chi connectivity index (χ0v) is 14.7. The van der Waals surface area contributed by atoms with Gasteiger partial charge in [-0.25, -0.2) is 8.78 Å².